The molecule has 4 aromatic carbocycles. The van der Waals surface area contributed by atoms with Crippen LogP contribution in [-0.4, -0.2) is 24.7 Å². The smallest absolute Gasteiger partial charge is 0.213 e. The molecule has 4 heterocycles. The Labute approximate surface area is 365 Å². The summed E-state index contributed by atoms with van der Waals surface area (Å²) in [5, 5.41) is 30.9. The highest BCUT2D eigenvalue weighted by molar-refractivity contribution is 7.22. The summed E-state index contributed by atoms with van der Waals surface area (Å²) in [6.45, 7) is 23.4. The van der Waals surface area contributed by atoms with Crippen LogP contribution in [0.3, 0.4) is 0 Å². The summed E-state index contributed by atoms with van der Waals surface area (Å²) in [6, 6.07) is 31.5. The quantitative estimate of drug-likeness (QED) is 0.136. The van der Waals surface area contributed by atoms with Crippen molar-refractivity contribution in [3.63, 3.8) is 0 Å². The highest BCUT2D eigenvalue weighted by Crippen LogP contribution is 2.46. The normalized spacial score (nSPS) is 12.1. The van der Waals surface area contributed by atoms with Gasteiger partial charge in [-0.1, -0.05) is 131 Å². The molecule has 0 saturated heterocycles. The molecule has 0 aliphatic rings. The van der Waals surface area contributed by atoms with Gasteiger partial charge in [-0.15, -0.1) is 10.2 Å². The van der Waals surface area contributed by atoms with E-state index in [0.717, 1.165) is 53.6 Å². The third-order valence-electron chi connectivity index (χ3n) is 10.7. The number of fused-ring (bicyclic) bond motifs is 2. The van der Waals surface area contributed by atoms with Crippen molar-refractivity contribution in [3.05, 3.63) is 130 Å². The minimum Gasteiger partial charge on any atom is -0.338 e. The molecule has 8 aromatic rings. The van der Waals surface area contributed by atoms with Crippen LogP contribution in [0.2, 0.25) is 0 Å². The van der Waals surface area contributed by atoms with E-state index in [4.69, 9.17) is 30.3 Å². The fourth-order valence-corrected chi connectivity index (χ4v) is 9.79. The summed E-state index contributed by atoms with van der Waals surface area (Å²) in [7, 11) is 0. The molecule has 0 fully saturated rings. The van der Waals surface area contributed by atoms with Crippen molar-refractivity contribution in [2.24, 2.45) is 10.2 Å². The van der Waals surface area contributed by atoms with E-state index in [0.29, 0.717) is 39.5 Å². The molecule has 0 saturated carbocycles. The summed E-state index contributed by atoms with van der Waals surface area (Å²) < 4.78 is 3.76. The Bertz CT molecular complexity index is 2910. The number of para-hydroxylation sites is 3. The maximum Gasteiger partial charge on any atom is 0.213 e. The van der Waals surface area contributed by atoms with Crippen LogP contribution in [-0.2, 0) is 5.41 Å². The Hall–Kier alpha value is -6.29. The van der Waals surface area contributed by atoms with Crippen LogP contribution in [0, 0.1) is 39.0 Å². The minimum atomic E-state index is -0.451. The molecule has 0 aliphatic heterocycles. The molecule has 0 aliphatic carbocycles. The molecule has 1 N–H and O–H groups in total. The van der Waals surface area contributed by atoms with Crippen LogP contribution in [0.1, 0.15) is 105 Å². The van der Waals surface area contributed by atoms with E-state index < -0.39 is 5.41 Å². The zero-order valence-corrected chi connectivity index (χ0v) is 38.2. The maximum atomic E-state index is 10.7. The lowest BCUT2D eigenvalue weighted by Crippen LogP contribution is -2.15. The summed E-state index contributed by atoms with van der Waals surface area (Å²) >= 11 is 3.13. The van der Waals surface area contributed by atoms with Gasteiger partial charge in [-0.25, -0.2) is 15.0 Å². The fourth-order valence-electron chi connectivity index (χ4n) is 7.89. The summed E-state index contributed by atoms with van der Waals surface area (Å²) in [5.74, 6) is 1.99. The predicted octanol–water partition coefficient (Wildman–Crippen LogP) is 14.8. The molecule has 61 heavy (non-hydrogen) atoms. The first-order chi connectivity index (χ1) is 29.1. The van der Waals surface area contributed by atoms with Gasteiger partial charge in [0, 0.05) is 11.1 Å². The predicted molar refractivity (Wildman–Crippen MR) is 253 cm³/mol. The lowest BCUT2D eigenvalue weighted by Gasteiger charge is -2.27. The Kier molecular flexibility index (Phi) is 11.1. The highest BCUT2D eigenvalue weighted by atomic mass is 32.1. The first kappa shape index (κ1) is 41.4. The van der Waals surface area contributed by atoms with Crippen molar-refractivity contribution >= 4 is 82.8 Å². The van der Waals surface area contributed by atoms with Gasteiger partial charge in [-0.3, -0.25) is 4.90 Å². The van der Waals surface area contributed by atoms with Gasteiger partial charge in [-0.05, 0) is 97.7 Å². The van der Waals surface area contributed by atoms with Crippen LogP contribution in [0.25, 0.3) is 25.6 Å². The number of nitrogens with zero attached hydrogens (tertiary/aromatic N) is 9. The molecular weight excluding hydrogens is 793 g/mol. The largest absolute Gasteiger partial charge is 0.338 e. The van der Waals surface area contributed by atoms with E-state index in [1.807, 2.05) is 70.2 Å². The Morgan fingerprint density at radius 3 is 1.92 bits per heavy atom. The lowest BCUT2D eigenvalue weighted by atomic mass is 9.90. The number of nitriles is 1. The first-order valence-corrected chi connectivity index (χ1v) is 22.2. The van der Waals surface area contributed by atoms with Crippen LogP contribution >= 0.6 is 22.7 Å². The van der Waals surface area contributed by atoms with E-state index in [9.17, 15) is 5.26 Å². The molecule has 12 heteroatoms. The number of pyridine rings is 1. The number of hydrogen-bond acceptors (Lipinski definition) is 11. The van der Waals surface area contributed by atoms with Crippen molar-refractivity contribution in [2.45, 2.75) is 93.4 Å². The number of anilines is 5. The molecule has 0 amide bonds. The molecule has 8 rings (SSSR count). The average Bonchev–Trinajstić information content (AvgIpc) is 3.93. The van der Waals surface area contributed by atoms with E-state index in [1.54, 1.807) is 16.0 Å². The molecule has 10 nitrogen and oxygen atoms in total. The first-order valence-electron chi connectivity index (χ1n) is 20.6. The van der Waals surface area contributed by atoms with Gasteiger partial charge in [0.2, 0.25) is 5.13 Å². The summed E-state index contributed by atoms with van der Waals surface area (Å²) in [6.07, 6.45) is 0. The molecular formula is C49H50N10S2. The van der Waals surface area contributed by atoms with Crippen molar-refractivity contribution < 1.29 is 0 Å². The number of azo groups is 1. The van der Waals surface area contributed by atoms with Crippen LogP contribution in [0.5, 0.6) is 0 Å². The van der Waals surface area contributed by atoms with Crippen LogP contribution < -0.4 is 10.2 Å². The van der Waals surface area contributed by atoms with Crippen molar-refractivity contribution in [1.82, 2.24) is 24.7 Å². The van der Waals surface area contributed by atoms with Gasteiger partial charge in [0.1, 0.15) is 23.1 Å². The standard InChI is InChI=1S/C49H50N10S2/c1-27(2)33-17-16-18-34(28(3)4)42(33)54-45-41(55-56-46-35(26-50)44(49(9,10)11)57-59(46)48-52-37-20-13-15-22-39(37)61-48)30(6)25-40(53-45)58(43-31(7)23-29(5)24-32(43)8)47-51-36-19-12-14-21-38(36)60-47/h12-25,27-28H,1-11H3,(H,53,54). The van der Waals surface area contributed by atoms with E-state index in [1.165, 1.54) is 28.0 Å². The molecule has 308 valence electrons. The number of thiazole rings is 2. The number of aryl methyl sites for hydroxylation is 4. The molecule has 4 aromatic heterocycles. The Morgan fingerprint density at radius 1 is 0.738 bits per heavy atom. The molecule has 0 unspecified atom stereocenters. The van der Waals surface area contributed by atoms with E-state index in [-0.39, 0.29) is 11.8 Å². The molecule has 0 atom stereocenters. The zero-order chi connectivity index (χ0) is 43.3. The number of hydrogen-bond donors (Lipinski definition) is 1. The summed E-state index contributed by atoms with van der Waals surface area (Å²) in [4.78, 5) is 17.8. The topological polar surface area (TPSA) is 120 Å². The third kappa shape index (κ3) is 7.91. The number of rotatable bonds is 10. The van der Waals surface area contributed by atoms with Crippen LogP contribution in [0.4, 0.5) is 39.6 Å². The van der Waals surface area contributed by atoms with Gasteiger partial charge in [0.25, 0.3) is 0 Å². The van der Waals surface area contributed by atoms with Crippen LogP contribution in [0.15, 0.2) is 95.2 Å². The van der Waals surface area contributed by atoms with Crippen molar-refractivity contribution in [3.8, 4) is 11.2 Å². The van der Waals surface area contributed by atoms with Gasteiger partial charge < -0.3 is 5.32 Å². The molecule has 0 radical (unpaired) electrons. The molecule has 0 bridgehead atoms. The number of benzene rings is 4. The second kappa shape index (κ2) is 16.3. The Balaban J connectivity index is 1.39. The second-order valence-corrected chi connectivity index (χ2v) is 19.3. The highest BCUT2D eigenvalue weighted by Gasteiger charge is 2.30. The average molecular weight is 843 g/mol. The fraction of sp³-hybridized carbons (Fsp3) is 0.286. The lowest BCUT2D eigenvalue weighted by molar-refractivity contribution is 0.559. The maximum absolute atomic E-state index is 10.7. The van der Waals surface area contributed by atoms with Crippen molar-refractivity contribution in [2.75, 3.05) is 10.2 Å². The molecule has 0 spiro atoms. The van der Waals surface area contributed by atoms with Crippen molar-refractivity contribution in [1.29, 1.82) is 5.26 Å². The van der Waals surface area contributed by atoms with Gasteiger partial charge >= 0.3 is 0 Å². The SMILES string of the molecule is Cc1cc(C)c(N(c2cc(C)c(N=Nc3c(C#N)c(C(C)(C)C)nn3-c3nc4ccccc4s3)c(Nc3c(C(C)C)cccc3C(C)C)n2)c2nc3ccccc3s2)c(C)c1. The summed E-state index contributed by atoms with van der Waals surface area (Å²) in [5.41, 5.74) is 11.4. The third-order valence-corrected chi connectivity index (χ3v) is 12.8. The number of aromatic nitrogens is 5. The van der Waals surface area contributed by atoms with Gasteiger partial charge in [0.05, 0.1) is 31.8 Å². The monoisotopic (exact) mass is 842 g/mol. The van der Waals surface area contributed by atoms with E-state index >= 15 is 0 Å². The Morgan fingerprint density at radius 2 is 1.34 bits per heavy atom. The number of nitrogens with one attached hydrogen (secondary N) is 1. The van der Waals surface area contributed by atoms with E-state index in [2.05, 4.69) is 107 Å². The van der Waals surface area contributed by atoms with Gasteiger partial charge in [-0.2, -0.15) is 15.0 Å². The second-order valence-electron chi connectivity index (χ2n) is 17.3. The minimum absolute atomic E-state index is 0.227. The zero-order valence-electron chi connectivity index (χ0n) is 36.6. The van der Waals surface area contributed by atoms with Gasteiger partial charge in [0.15, 0.2) is 16.8 Å².